The van der Waals surface area contributed by atoms with E-state index in [9.17, 15) is 0 Å². The highest BCUT2D eigenvalue weighted by atomic mass is 16.5. The van der Waals surface area contributed by atoms with Crippen LogP contribution in [0.4, 0.5) is 0 Å². The Kier molecular flexibility index (Phi) is 6.26. The normalized spacial score (nSPS) is 23.3. The molecule has 3 heterocycles. The van der Waals surface area contributed by atoms with Crippen LogP contribution in [0.15, 0.2) is 41.0 Å². The zero-order valence-electron chi connectivity index (χ0n) is 17.8. The summed E-state index contributed by atoms with van der Waals surface area (Å²) in [5.41, 5.74) is 2.77. The predicted octanol–water partition coefficient (Wildman–Crippen LogP) is 4.39. The molecule has 5 heteroatoms. The van der Waals surface area contributed by atoms with Crippen molar-refractivity contribution < 1.29 is 13.9 Å². The summed E-state index contributed by atoms with van der Waals surface area (Å²) in [6, 6.07) is 9.24. The first-order chi connectivity index (χ1) is 14.2. The second kappa shape index (κ2) is 9.06. The fraction of sp³-hybridized carbons (Fsp3) is 0.500. The molecule has 2 aromatic rings. The molecule has 2 aliphatic heterocycles. The van der Waals surface area contributed by atoms with Gasteiger partial charge in [-0.05, 0) is 74.2 Å². The smallest absolute Gasteiger partial charge is 0.161 e. The molecule has 0 saturated carbocycles. The third-order valence-electron chi connectivity index (χ3n) is 6.37. The van der Waals surface area contributed by atoms with E-state index in [0.29, 0.717) is 12.1 Å². The van der Waals surface area contributed by atoms with Crippen LogP contribution in [0.2, 0.25) is 0 Å². The van der Waals surface area contributed by atoms with Crippen molar-refractivity contribution in [2.75, 3.05) is 40.4 Å². The Hall–Kier alpha value is -2.24. The van der Waals surface area contributed by atoms with Gasteiger partial charge in [0.05, 0.1) is 20.5 Å². The lowest BCUT2D eigenvalue weighted by Crippen LogP contribution is -2.50. The summed E-state index contributed by atoms with van der Waals surface area (Å²) in [6.07, 6.45) is 9.59. The van der Waals surface area contributed by atoms with Gasteiger partial charge in [-0.25, -0.2) is 0 Å². The summed E-state index contributed by atoms with van der Waals surface area (Å²) in [7, 11) is 3.42. The second-order valence-corrected chi connectivity index (χ2v) is 8.04. The molecule has 4 rings (SSSR count). The van der Waals surface area contributed by atoms with E-state index in [4.69, 9.17) is 13.9 Å². The van der Waals surface area contributed by atoms with Crippen molar-refractivity contribution in [1.82, 2.24) is 9.80 Å². The first-order valence-corrected chi connectivity index (χ1v) is 10.6. The Bertz CT molecular complexity index is 831. The van der Waals surface area contributed by atoms with Crippen LogP contribution in [-0.4, -0.2) is 56.2 Å². The van der Waals surface area contributed by atoms with Crippen molar-refractivity contribution in [2.45, 2.75) is 38.3 Å². The molecule has 0 bridgehead atoms. The van der Waals surface area contributed by atoms with Crippen LogP contribution in [0.25, 0.3) is 6.08 Å². The number of ether oxygens (including phenoxy) is 2. The highest BCUT2D eigenvalue weighted by molar-refractivity contribution is 5.49. The Morgan fingerprint density at radius 3 is 2.76 bits per heavy atom. The summed E-state index contributed by atoms with van der Waals surface area (Å²) < 4.78 is 16.4. The van der Waals surface area contributed by atoms with Crippen molar-refractivity contribution in [2.24, 2.45) is 0 Å². The lowest BCUT2D eigenvalue weighted by atomic mass is 9.90. The molecule has 0 amide bonds. The molecule has 0 N–H and O–H groups in total. The molecule has 1 aromatic carbocycles. The minimum absolute atomic E-state index is 0.391. The van der Waals surface area contributed by atoms with Gasteiger partial charge in [0.1, 0.15) is 5.76 Å². The van der Waals surface area contributed by atoms with Crippen molar-refractivity contribution in [3.8, 4) is 11.5 Å². The fourth-order valence-corrected chi connectivity index (χ4v) is 4.83. The van der Waals surface area contributed by atoms with E-state index in [1.807, 2.05) is 12.1 Å². The zero-order valence-corrected chi connectivity index (χ0v) is 17.8. The van der Waals surface area contributed by atoms with Crippen LogP contribution in [0.1, 0.15) is 42.7 Å². The minimum Gasteiger partial charge on any atom is -0.493 e. The van der Waals surface area contributed by atoms with E-state index in [0.717, 1.165) is 43.3 Å². The standard InChI is InChI=1S/C24H32N2O3/c1-18-22-16-24(28-3)23(27-2)15-19(22)10-13-26(18)20-7-4-11-25(17-20)12-5-8-21-9-6-14-29-21/h5-6,8-9,14-16,18,20H,4,7,10-13,17H2,1-3H3. The molecule has 2 aliphatic rings. The van der Waals surface area contributed by atoms with Gasteiger partial charge in [0.25, 0.3) is 0 Å². The average molecular weight is 397 g/mol. The van der Waals surface area contributed by atoms with E-state index in [-0.39, 0.29) is 0 Å². The number of piperidine rings is 1. The van der Waals surface area contributed by atoms with Gasteiger partial charge in [0.2, 0.25) is 0 Å². The molecule has 1 saturated heterocycles. The third-order valence-corrected chi connectivity index (χ3v) is 6.37. The minimum atomic E-state index is 0.391. The number of furan rings is 1. The lowest BCUT2D eigenvalue weighted by molar-refractivity contribution is 0.0685. The van der Waals surface area contributed by atoms with Gasteiger partial charge in [-0.3, -0.25) is 9.80 Å². The maximum atomic E-state index is 5.56. The first kappa shape index (κ1) is 20.0. The van der Waals surface area contributed by atoms with Crippen LogP contribution in [-0.2, 0) is 6.42 Å². The highest BCUT2D eigenvalue weighted by Gasteiger charge is 2.32. The topological polar surface area (TPSA) is 38.1 Å². The van der Waals surface area contributed by atoms with Crippen LogP contribution in [0, 0.1) is 0 Å². The molecule has 5 nitrogen and oxygen atoms in total. The van der Waals surface area contributed by atoms with Gasteiger partial charge in [-0.2, -0.15) is 0 Å². The fourth-order valence-electron chi connectivity index (χ4n) is 4.83. The molecule has 2 atom stereocenters. The van der Waals surface area contributed by atoms with Gasteiger partial charge in [-0.15, -0.1) is 0 Å². The van der Waals surface area contributed by atoms with Gasteiger partial charge in [-0.1, -0.05) is 6.08 Å². The van der Waals surface area contributed by atoms with Crippen molar-refractivity contribution in [1.29, 1.82) is 0 Å². The monoisotopic (exact) mass is 396 g/mol. The van der Waals surface area contributed by atoms with E-state index in [1.165, 1.54) is 30.5 Å². The molecular formula is C24H32N2O3. The summed E-state index contributed by atoms with van der Waals surface area (Å²) in [5.74, 6) is 2.58. The zero-order chi connectivity index (χ0) is 20.2. The predicted molar refractivity (Wildman–Crippen MR) is 116 cm³/mol. The van der Waals surface area contributed by atoms with Gasteiger partial charge in [0.15, 0.2) is 11.5 Å². The number of benzene rings is 1. The first-order valence-electron chi connectivity index (χ1n) is 10.6. The molecule has 0 aliphatic carbocycles. The lowest BCUT2D eigenvalue weighted by Gasteiger charge is -2.45. The summed E-state index contributed by atoms with van der Waals surface area (Å²) >= 11 is 0. The van der Waals surface area contributed by atoms with Crippen LogP contribution < -0.4 is 9.47 Å². The average Bonchev–Trinajstić information content (AvgIpc) is 3.27. The maximum Gasteiger partial charge on any atom is 0.161 e. The van der Waals surface area contributed by atoms with Crippen molar-refractivity contribution in [3.63, 3.8) is 0 Å². The molecule has 0 radical (unpaired) electrons. The molecule has 1 aromatic heterocycles. The number of nitrogens with zero attached hydrogens (tertiary/aromatic N) is 2. The maximum absolute atomic E-state index is 5.56. The SMILES string of the molecule is COc1cc2c(cc1OC)C(C)N(C1CCCN(CC=Cc3ccco3)C1)CC2. The number of methoxy groups -OCH3 is 2. The number of hydrogen-bond acceptors (Lipinski definition) is 5. The van der Waals surface area contributed by atoms with E-state index in [2.05, 4.69) is 41.0 Å². The van der Waals surface area contributed by atoms with Crippen LogP contribution in [0.5, 0.6) is 11.5 Å². The molecule has 156 valence electrons. The van der Waals surface area contributed by atoms with E-state index < -0.39 is 0 Å². The van der Waals surface area contributed by atoms with Crippen molar-refractivity contribution in [3.05, 3.63) is 53.5 Å². The number of hydrogen-bond donors (Lipinski definition) is 0. The Labute approximate surface area is 173 Å². The largest absolute Gasteiger partial charge is 0.493 e. The van der Waals surface area contributed by atoms with E-state index >= 15 is 0 Å². The van der Waals surface area contributed by atoms with Crippen molar-refractivity contribution >= 4 is 6.08 Å². The number of rotatable bonds is 6. The Morgan fingerprint density at radius 1 is 1.17 bits per heavy atom. The Balaban J connectivity index is 1.43. The van der Waals surface area contributed by atoms with Gasteiger partial charge < -0.3 is 13.9 Å². The summed E-state index contributed by atoms with van der Waals surface area (Å²) in [5, 5.41) is 0. The van der Waals surface area contributed by atoms with Gasteiger partial charge >= 0.3 is 0 Å². The molecular weight excluding hydrogens is 364 g/mol. The molecule has 1 fully saturated rings. The number of likely N-dealkylation sites (tertiary alicyclic amines) is 1. The third kappa shape index (κ3) is 4.36. The quantitative estimate of drug-likeness (QED) is 0.724. The Morgan fingerprint density at radius 2 is 2.00 bits per heavy atom. The summed E-state index contributed by atoms with van der Waals surface area (Å²) in [4.78, 5) is 5.25. The molecule has 29 heavy (non-hydrogen) atoms. The van der Waals surface area contributed by atoms with Gasteiger partial charge in [0, 0.05) is 31.7 Å². The molecule has 0 spiro atoms. The summed E-state index contributed by atoms with van der Waals surface area (Å²) in [6.45, 7) is 6.70. The second-order valence-electron chi connectivity index (χ2n) is 8.04. The van der Waals surface area contributed by atoms with Crippen LogP contribution >= 0.6 is 0 Å². The van der Waals surface area contributed by atoms with Crippen LogP contribution in [0.3, 0.4) is 0 Å². The molecule has 2 unspecified atom stereocenters. The van der Waals surface area contributed by atoms with E-state index in [1.54, 1.807) is 20.5 Å². The number of fused-ring (bicyclic) bond motifs is 1. The highest BCUT2D eigenvalue weighted by Crippen LogP contribution is 2.39.